The van der Waals surface area contributed by atoms with E-state index in [9.17, 15) is 9.59 Å². The number of nitrogens with one attached hydrogen (secondary N) is 2. The largest absolute Gasteiger partial charge is 0.497 e. The summed E-state index contributed by atoms with van der Waals surface area (Å²) in [7, 11) is 1.56. The number of rotatable bonds is 5. The molecule has 3 rings (SSSR count). The van der Waals surface area contributed by atoms with Crippen LogP contribution in [0.5, 0.6) is 5.75 Å². The highest BCUT2D eigenvalue weighted by Gasteiger charge is 2.11. The highest BCUT2D eigenvalue weighted by atomic mass is 35.5. The number of benzene rings is 3. The van der Waals surface area contributed by atoms with Crippen molar-refractivity contribution in [3.05, 3.63) is 88.9 Å². The molecular weight excluding hydrogens is 364 g/mol. The third kappa shape index (κ3) is 4.86. The molecule has 0 bridgehead atoms. The molecule has 6 heteroatoms. The molecule has 3 aromatic carbocycles. The summed E-state index contributed by atoms with van der Waals surface area (Å²) >= 11 is 5.93. The van der Waals surface area contributed by atoms with Gasteiger partial charge in [-0.15, -0.1) is 0 Å². The molecule has 136 valence electrons. The van der Waals surface area contributed by atoms with Crippen LogP contribution in [0.3, 0.4) is 0 Å². The lowest BCUT2D eigenvalue weighted by Gasteiger charge is -2.09. The van der Waals surface area contributed by atoms with Crippen molar-refractivity contribution in [3.63, 3.8) is 0 Å². The van der Waals surface area contributed by atoms with E-state index in [1.807, 2.05) is 0 Å². The number of halogens is 1. The second-order valence-electron chi connectivity index (χ2n) is 5.73. The SMILES string of the molecule is COc1cccc(NC(=O)c2cccc(C(=O)Nc3cccc(Cl)c3)c2)c1. The van der Waals surface area contributed by atoms with E-state index in [-0.39, 0.29) is 11.8 Å². The highest BCUT2D eigenvalue weighted by molar-refractivity contribution is 6.31. The van der Waals surface area contributed by atoms with Gasteiger partial charge in [-0.05, 0) is 48.5 Å². The molecule has 0 unspecified atom stereocenters. The van der Waals surface area contributed by atoms with Crippen LogP contribution in [0.2, 0.25) is 5.02 Å². The van der Waals surface area contributed by atoms with Gasteiger partial charge in [0.25, 0.3) is 11.8 Å². The number of carbonyl (C=O) groups is 2. The summed E-state index contributed by atoms with van der Waals surface area (Å²) in [4.78, 5) is 24.9. The molecule has 0 saturated heterocycles. The van der Waals surface area contributed by atoms with Gasteiger partial charge in [-0.2, -0.15) is 0 Å². The molecule has 0 spiro atoms. The van der Waals surface area contributed by atoms with Crippen molar-refractivity contribution < 1.29 is 14.3 Å². The van der Waals surface area contributed by atoms with Crippen molar-refractivity contribution >= 4 is 34.8 Å². The van der Waals surface area contributed by atoms with Crippen molar-refractivity contribution in [3.8, 4) is 5.75 Å². The molecule has 0 fully saturated rings. The zero-order valence-corrected chi connectivity index (χ0v) is 15.3. The number of hydrogen-bond donors (Lipinski definition) is 2. The minimum atomic E-state index is -0.326. The first kappa shape index (κ1) is 18.5. The lowest BCUT2D eigenvalue weighted by atomic mass is 10.1. The van der Waals surface area contributed by atoms with Gasteiger partial charge >= 0.3 is 0 Å². The van der Waals surface area contributed by atoms with E-state index >= 15 is 0 Å². The third-order valence-corrected chi connectivity index (χ3v) is 4.03. The van der Waals surface area contributed by atoms with E-state index in [0.717, 1.165) is 0 Å². The quantitative estimate of drug-likeness (QED) is 0.664. The molecule has 0 saturated carbocycles. The van der Waals surface area contributed by atoms with Crippen LogP contribution in [0, 0.1) is 0 Å². The number of ether oxygens (including phenoxy) is 1. The molecule has 27 heavy (non-hydrogen) atoms. The number of methoxy groups -OCH3 is 1. The summed E-state index contributed by atoms with van der Waals surface area (Å²) in [6.07, 6.45) is 0. The number of amides is 2. The van der Waals surface area contributed by atoms with Gasteiger partial charge in [0.05, 0.1) is 7.11 Å². The molecule has 3 aromatic rings. The second kappa shape index (κ2) is 8.38. The summed E-state index contributed by atoms with van der Waals surface area (Å²) in [5.74, 6) is -0.00333. The first-order valence-electron chi connectivity index (χ1n) is 8.17. The van der Waals surface area contributed by atoms with Crippen molar-refractivity contribution in [2.45, 2.75) is 0 Å². The van der Waals surface area contributed by atoms with Crippen LogP contribution in [0.25, 0.3) is 0 Å². The Balaban J connectivity index is 1.74. The zero-order valence-electron chi connectivity index (χ0n) is 14.5. The Bertz CT molecular complexity index is 988. The summed E-state index contributed by atoms with van der Waals surface area (Å²) in [6.45, 7) is 0. The van der Waals surface area contributed by atoms with Gasteiger partial charge in [-0.1, -0.05) is 29.8 Å². The van der Waals surface area contributed by atoms with Gasteiger partial charge in [0, 0.05) is 33.6 Å². The molecular formula is C21H17ClN2O3. The average Bonchev–Trinajstić information content (AvgIpc) is 2.68. The predicted octanol–water partition coefficient (Wildman–Crippen LogP) is 4.85. The number of carbonyl (C=O) groups excluding carboxylic acids is 2. The summed E-state index contributed by atoms with van der Waals surface area (Å²) < 4.78 is 5.14. The van der Waals surface area contributed by atoms with E-state index in [4.69, 9.17) is 16.3 Å². The lowest BCUT2D eigenvalue weighted by molar-refractivity contribution is 0.102. The Labute approximate surface area is 161 Å². The van der Waals surface area contributed by atoms with Crippen LogP contribution in [0.15, 0.2) is 72.8 Å². The standard InChI is InChI=1S/C21H17ClN2O3/c1-27-19-10-4-9-18(13-19)24-21(26)15-6-2-5-14(11-15)20(25)23-17-8-3-7-16(22)12-17/h2-13H,1H3,(H,23,25)(H,24,26). The maximum Gasteiger partial charge on any atom is 0.255 e. The molecule has 5 nitrogen and oxygen atoms in total. The van der Waals surface area contributed by atoms with Gasteiger partial charge in [-0.3, -0.25) is 9.59 Å². The maximum absolute atomic E-state index is 12.5. The highest BCUT2D eigenvalue weighted by Crippen LogP contribution is 2.19. The molecule has 0 aliphatic heterocycles. The molecule has 2 N–H and O–H groups in total. The van der Waals surface area contributed by atoms with Crippen LogP contribution in [0.4, 0.5) is 11.4 Å². The van der Waals surface area contributed by atoms with Gasteiger partial charge in [0.2, 0.25) is 0 Å². The van der Waals surface area contributed by atoms with E-state index in [0.29, 0.717) is 33.3 Å². The monoisotopic (exact) mass is 380 g/mol. The van der Waals surface area contributed by atoms with Crippen LogP contribution in [-0.4, -0.2) is 18.9 Å². The van der Waals surface area contributed by atoms with Crippen molar-refractivity contribution in [2.75, 3.05) is 17.7 Å². The van der Waals surface area contributed by atoms with Crippen molar-refractivity contribution in [1.82, 2.24) is 0 Å². The summed E-state index contributed by atoms with van der Waals surface area (Å²) in [5.41, 5.74) is 1.93. The van der Waals surface area contributed by atoms with Crippen molar-refractivity contribution in [2.24, 2.45) is 0 Å². The Kier molecular flexibility index (Phi) is 5.74. The molecule has 0 heterocycles. The van der Waals surface area contributed by atoms with Crippen LogP contribution in [0.1, 0.15) is 20.7 Å². The minimum absolute atomic E-state index is 0.319. The van der Waals surface area contributed by atoms with Crippen molar-refractivity contribution in [1.29, 1.82) is 0 Å². The van der Waals surface area contributed by atoms with E-state index < -0.39 is 0 Å². The van der Waals surface area contributed by atoms with E-state index in [1.165, 1.54) is 6.07 Å². The third-order valence-electron chi connectivity index (χ3n) is 3.80. The van der Waals surface area contributed by atoms with Gasteiger partial charge in [0.1, 0.15) is 5.75 Å². The Morgan fingerprint density at radius 1 is 0.778 bits per heavy atom. The van der Waals surface area contributed by atoms with Crippen LogP contribution < -0.4 is 15.4 Å². The molecule has 2 amide bonds. The number of hydrogen-bond acceptors (Lipinski definition) is 3. The smallest absolute Gasteiger partial charge is 0.255 e. The second-order valence-corrected chi connectivity index (χ2v) is 6.17. The fourth-order valence-electron chi connectivity index (χ4n) is 2.48. The normalized spacial score (nSPS) is 10.1. The summed E-state index contributed by atoms with van der Waals surface area (Å²) in [5, 5.41) is 6.07. The fourth-order valence-corrected chi connectivity index (χ4v) is 2.67. The van der Waals surface area contributed by atoms with Crippen LogP contribution >= 0.6 is 11.6 Å². The Morgan fingerprint density at radius 2 is 1.33 bits per heavy atom. The summed E-state index contributed by atoms with van der Waals surface area (Å²) in [6, 6.07) is 20.4. The maximum atomic E-state index is 12.5. The van der Waals surface area contributed by atoms with E-state index in [1.54, 1.807) is 73.8 Å². The molecule has 0 aliphatic carbocycles. The first-order chi connectivity index (χ1) is 13.0. The Hall–Kier alpha value is -3.31. The fraction of sp³-hybridized carbons (Fsp3) is 0.0476. The molecule has 0 atom stereocenters. The molecule has 0 aromatic heterocycles. The number of anilines is 2. The van der Waals surface area contributed by atoms with Gasteiger partial charge < -0.3 is 15.4 Å². The predicted molar refractivity (Wildman–Crippen MR) is 107 cm³/mol. The topological polar surface area (TPSA) is 67.4 Å². The molecule has 0 radical (unpaired) electrons. The van der Waals surface area contributed by atoms with E-state index in [2.05, 4.69) is 10.6 Å². The first-order valence-corrected chi connectivity index (χ1v) is 8.55. The van der Waals surface area contributed by atoms with Crippen LogP contribution in [-0.2, 0) is 0 Å². The molecule has 0 aliphatic rings. The van der Waals surface area contributed by atoms with Gasteiger partial charge in [0.15, 0.2) is 0 Å². The lowest BCUT2D eigenvalue weighted by Crippen LogP contribution is -2.15. The zero-order chi connectivity index (χ0) is 19.2. The average molecular weight is 381 g/mol. The van der Waals surface area contributed by atoms with Gasteiger partial charge in [-0.25, -0.2) is 0 Å². The Morgan fingerprint density at radius 3 is 1.93 bits per heavy atom. The minimum Gasteiger partial charge on any atom is -0.497 e.